The minimum absolute atomic E-state index is 0.553. The lowest BCUT2D eigenvalue weighted by Gasteiger charge is -2.14. The summed E-state index contributed by atoms with van der Waals surface area (Å²) in [5.41, 5.74) is 2.09. The van der Waals surface area contributed by atoms with Crippen molar-refractivity contribution >= 4 is 5.82 Å². The lowest BCUT2D eigenvalue weighted by Crippen LogP contribution is -2.19. The second-order valence-corrected chi connectivity index (χ2v) is 3.03. The van der Waals surface area contributed by atoms with Crippen molar-refractivity contribution in [1.29, 1.82) is 0 Å². The standard InChI is InChI=1S/C10H13N3/c1-5-6-13(4)10-7-8(2)9(3)11-12-10/h1,7H,6H2,2-4H3. The van der Waals surface area contributed by atoms with E-state index in [1.54, 1.807) is 0 Å². The number of aromatic nitrogens is 2. The number of hydrogen-bond acceptors (Lipinski definition) is 3. The molecule has 1 aromatic rings. The maximum Gasteiger partial charge on any atom is 0.152 e. The van der Waals surface area contributed by atoms with Gasteiger partial charge in [0, 0.05) is 7.05 Å². The van der Waals surface area contributed by atoms with Crippen LogP contribution in [-0.4, -0.2) is 23.8 Å². The second kappa shape index (κ2) is 3.90. The number of terminal acetylenes is 1. The third kappa shape index (κ3) is 2.19. The molecule has 1 rings (SSSR count). The molecule has 0 saturated heterocycles. The molecule has 13 heavy (non-hydrogen) atoms. The number of nitrogens with zero attached hydrogens (tertiary/aromatic N) is 3. The monoisotopic (exact) mass is 175 g/mol. The van der Waals surface area contributed by atoms with Crippen LogP contribution >= 0.6 is 0 Å². The maximum absolute atomic E-state index is 5.19. The Labute approximate surface area is 78.8 Å². The van der Waals surface area contributed by atoms with Crippen LogP contribution in [0.4, 0.5) is 5.82 Å². The lowest BCUT2D eigenvalue weighted by atomic mass is 10.2. The van der Waals surface area contributed by atoms with Crippen LogP contribution in [0.25, 0.3) is 0 Å². The van der Waals surface area contributed by atoms with Crippen molar-refractivity contribution in [2.45, 2.75) is 13.8 Å². The summed E-state index contributed by atoms with van der Waals surface area (Å²) in [6.07, 6.45) is 5.19. The minimum atomic E-state index is 0.553. The number of aryl methyl sites for hydroxylation is 2. The van der Waals surface area contributed by atoms with Crippen molar-refractivity contribution in [1.82, 2.24) is 10.2 Å². The van der Waals surface area contributed by atoms with Gasteiger partial charge in [-0.3, -0.25) is 0 Å². The van der Waals surface area contributed by atoms with Gasteiger partial charge in [-0.05, 0) is 25.5 Å². The molecule has 0 fully saturated rings. The fraction of sp³-hybridized carbons (Fsp3) is 0.400. The van der Waals surface area contributed by atoms with Crippen LogP contribution in [0.2, 0.25) is 0 Å². The highest BCUT2D eigenvalue weighted by molar-refractivity contribution is 5.40. The van der Waals surface area contributed by atoms with Crippen molar-refractivity contribution in [3.8, 4) is 12.3 Å². The van der Waals surface area contributed by atoms with Gasteiger partial charge in [0.2, 0.25) is 0 Å². The molecule has 0 amide bonds. The summed E-state index contributed by atoms with van der Waals surface area (Å²) in [4.78, 5) is 1.89. The van der Waals surface area contributed by atoms with Gasteiger partial charge in [0.25, 0.3) is 0 Å². The molecule has 0 bridgehead atoms. The van der Waals surface area contributed by atoms with Crippen LogP contribution < -0.4 is 4.90 Å². The average molecular weight is 175 g/mol. The van der Waals surface area contributed by atoms with Gasteiger partial charge in [0.15, 0.2) is 5.82 Å². The van der Waals surface area contributed by atoms with E-state index in [1.807, 2.05) is 31.9 Å². The predicted molar refractivity (Wildman–Crippen MR) is 53.6 cm³/mol. The zero-order chi connectivity index (χ0) is 9.84. The third-order valence-electron chi connectivity index (χ3n) is 1.94. The van der Waals surface area contributed by atoms with Crippen molar-refractivity contribution in [2.24, 2.45) is 0 Å². The van der Waals surface area contributed by atoms with E-state index in [4.69, 9.17) is 6.42 Å². The number of rotatable bonds is 2. The minimum Gasteiger partial charge on any atom is -0.347 e. The fourth-order valence-electron chi connectivity index (χ4n) is 0.937. The van der Waals surface area contributed by atoms with E-state index < -0.39 is 0 Å². The molecule has 0 saturated carbocycles. The van der Waals surface area contributed by atoms with Crippen LogP contribution in [-0.2, 0) is 0 Å². The summed E-state index contributed by atoms with van der Waals surface area (Å²) in [5.74, 6) is 3.38. The Morgan fingerprint density at radius 2 is 2.15 bits per heavy atom. The first kappa shape index (κ1) is 9.53. The van der Waals surface area contributed by atoms with Crippen LogP contribution in [0, 0.1) is 26.2 Å². The quantitative estimate of drug-likeness (QED) is 0.632. The van der Waals surface area contributed by atoms with Crippen molar-refractivity contribution in [2.75, 3.05) is 18.5 Å². The highest BCUT2D eigenvalue weighted by atomic mass is 15.2. The highest BCUT2D eigenvalue weighted by Gasteiger charge is 2.02. The molecule has 0 atom stereocenters. The third-order valence-corrected chi connectivity index (χ3v) is 1.94. The van der Waals surface area contributed by atoms with Gasteiger partial charge in [-0.1, -0.05) is 5.92 Å². The molecule has 0 aliphatic heterocycles. The molecular formula is C10H13N3. The summed E-state index contributed by atoms with van der Waals surface area (Å²) in [7, 11) is 1.90. The zero-order valence-electron chi connectivity index (χ0n) is 8.20. The first-order valence-corrected chi connectivity index (χ1v) is 4.10. The van der Waals surface area contributed by atoms with Crippen molar-refractivity contribution in [3.05, 3.63) is 17.3 Å². The van der Waals surface area contributed by atoms with Crippen molar-refractivity contribution in [3.63, 3.8) is 0 Å². The first-order valence-electron chi connectivity index (χ1n) is 4.10. The van der Waals surface area contributed by atoms with E-state index in [1.165, 1.54) is 0 Å². The van der Waals surface area contributed by atoms with E-state index in [0.29, 0.717) is 6.54 Å². The fourth-order valence-corrected chi connectivity index (χ4v) is 0.937. The van der Waals surface area contributed by atoms with E-state index in [0.717, 1.165) is 17.1 Å². The number of anilines is 1. The topological polar surface area (TPSA) is 29.0 Å². The Morgan fingerprint density at radius 3 is 2.69 bits per heavy atom. The summed E-state index contributed by atoms with van der Waals surface area (Å²) >= 11 is 0. The summed E-state index contributed by atoms with van der Waals surface area (Å²) in [6.45, 7) is 4.50. The molecule has 3 nitrogen and oxygen atoms in total. The molecule has 0 aliphatic carbocycles. The Kier molecular flexibility index (Phi) is 2.86. The molecular weight excluding hydrogens is 162 g/mol. The normalized spacial score (nSPS) is 9.38. The van der Waals surface area contributed by atoms with Gasteiger partial charge in [0.05, 0.1) is 12.2 Å². The van der Waals surface area contributed by atoms with Gasteiger partial charge >= 0.3 is 0 Å². The SMILES string of the molecule is C#CCN(C)c1cc(C)c(C)nn1. The molecule has 0 N–H and O–H groups in total. The van der Waals surface area contributed by atoms with E-state index in [-0.39, 0.29) is 0 Å². The Balaban J connectivity index is 2.91. The molecule has 0 unspecified atom stereocenters. The van der Waals surface area contributed by atoms with E-state index >= 15 is 0 Å². The largest absolute Gasteiger partial charge is 0.347 e. The Morgan fingerprint density at radius 1 is 1.46 bits per heavy atom. The molecule has 1 aromatic heterocycles. The highest BCUT2D eigenvalue weighted by Crippen LogP contribution is 2.10. The van der Waals surface area contributed by atoms with Gasteiger partial charge < -0.3 is 4.90 Å². The van der Waals surface area contributed by atoms with Crippen LogP contribution in [0.5, 0.6) is 0 Å². The smallest absolute Gasteiger partial charge is 0.152 e. The molecule has 3 heteroatoms. The molecule has 0 radical (unpaired) electrons. The predicted octanol–water partition coefficient (Wildman–Crippen LogP) is 1.16. The maximum atomic E-state index is 5.19. The molecule has 68 valence electrons. The Hall–Kier alpha value is -1.56. The summed E-state index contributed by atoms with van der Waals surface area (Å²) < 4.78 is 0. The average Bonchev–Trinajstić information content (AvgIpc) is 2.10. The molecule has 0 aliphatic rings. The van der Waals surface area contributed by atoms with E-state index in [9.17, 15) is 0 Å². The lowest BCUT2D eigenvalue weighted by molar-refractivity contribution is 0.902. The van der Waals surface area contributed by atoms with Crippen LogP contribution in [0.1, 0.15) is 11.3 Å². The summed E-state index contributed by atoms with van der Waals surface area (Å²) in [5, 5.41) is 8.06. The van der Waals surface area contributed by atoms with Crippen LogP contribution in [0.3, 0.4) is 0 Å². The molecule has 0 aromatic carbocycles. The summed E-state index contributed by atoms with van der Waals surface area (Å²) in [6, 6.07) is 1.99. The van der Waals surface area contributed by atoms with Crippen molar-refractivity contribution < 1.29 is 0 Å². The first-order chi connectivity index (χ1) is 6.15. The molecule has 0 spiro atoms. The van der Waals surface area contributed by atoms with Gasteiger partial charge in [-0.15, -0.1) is 11.5 Å². The van der Waals surface area contributed by atoms with E-state index in [2.05, 4.69) is 16.1 Å². The van der Waals surface area contributed by atoms with Gasteiger partial charge in [-0.25, -0.2) is 0 Å². The zero-order valence-corrected chi connectivity index (χ0v) is 8.20. The van der Waals surface area contributed by atoms with Gasteiger partial charge in [0.1, 0.15) is 0 Å². The van der Waals surface area contributed by atoms with Gasteiger partial charge in [-0.2, -0.15) is 5.10 Å². The number of hydrogen-bond donors (Lipinski definition) is 0. The van der Waals surface area contributed by atoms with Crippen LogP contribution in [0.15, 0.2) is 6.07 Å². The second-order valence-electron chi connectivity index (χ2n) is 3.03. The Bertz CT molecular complexity index is 339. The molecule has 1 heterocycles.